The van der Waals surface area contributed by atoms with Crippen LogP contribution in [0, 0.1) is 0 Å². The van der Waals surface area contributed by atoms with Crippen molar-refractivity contribution in [3.05, 3.63) is 60.2 Å². The van der Waals surface area contributed by atoms with Gasteiger partial charge in [-0.1, -0.05) is 30.3 Å². The second-order valence-electron chi connectivity index (χ2n) is 5.66. The van der Waals surface area contributed by atoms with E-state index in [1.54, 1.807) is 12.3 Å². The first-order chi connectivity index (χ1) is 11.8. The van der Waals surface area contributed by atoms with Crippen LogP contribution in [0.3, 0.4) is 0 Å². The zero-order valence-corrected chi connectivity index (χ0v) is 13.1. The number of phenolic OH excluding ortho intramolecular Hbond substituents is 1. The van der Waals surface area contributed by atoms with Crippen LogP contribution in [0.4, 0.5) is 5.69 Å². The van der Waals surface area contributed by atoms with E-state index in [-0.39, 0.29) is 5.75 Å². The highest BCUT2D eigenvalue weighted by Crippen LogP contribution is 2.33. The molecule has 120 valence electrons. The predicted octanol–water partition coefficient (Wildman–Crippen LogP) is 4.46. The molecule has 4 heteroatoms. The van der Waals surface area contributed by atoms with Gasteiger partial charge in [0.1, 0.15) is 5.75 Å². The second kappa shape index (κ2) is 6.24. The number of fused-ring (bicyclic) bond motifs is 2. The lowest BCUT2D eigenvalue weighted by Gasteiger charge is -2.07. The normalized spacial score (nSPS) is 14.0. The summed E-state index contributed by atoms with van der Waals surface area (Å²) in [7, 11) is 0. The van der Waals surface area contributed by atoms with Crippen molar-refractivity contribution in [3.8, 4) is 17.2 Å². The van der Waals surface area contributed by atoms with Gasteiger partial charge in [0.15, 0.2) is 11.5 Å². The molecule has 3 aromatic carbocycles. The van der Waals surface area contributed by atoms with Gasteiger partial charge in [-0.2, -0.15) is 0 Å². The van der Waals surface area contributed by atoms with E-state index in [1.807, 2.05) is 48.5 Å². The summed E-state index contributed by atoms with van der Waals surface area (Å²) in [6.07, 6.45) is 2.56. The van der Waals surface area contributed by atoms with Gasteiger partial charge in [0.2, 0.25) is 0 Å². The highest BCUT2D eigenvalue weighted by molar-refractivity contribution is 6.03. The SMILES string of the molecule is Oc1ccc2ccccc2c1C=Nc1ccc2c(c1)OCCCO2. The molecule has 1 aliphatic heterocycles. The molecule has 1 heterocycles. The molecular weight excluding hydrogens is 302 g/mol. The Hall–Kier alpha value is -3.01. The molecule has 0 unspecified atom stereocenters. The molecule has 24 heavy (non-hydrogen) atoms. The number of aliphatic imine (C=N–C) groups is 1. The quantitative estimate of drug-likeness (QED) is 0.710. The van der Waals surface area contributed by atoms with Crippen molar-refractivity contribution in [3.63, 3.8) is 0 Å². The van der Waals surface area contributed by atoms with Crippen LogP contribution in [0.15, 0.2) is 59.6 Å². The fourth-order valence-corrected chi connectivity index (χ4v) is 2.79. The van der Waals surface area contributed by atoms with Gasteiger partial charge in [-0.05, 0) is 29.0 Å². The van der Waals surface area contributed by atoms with Crippen molar-refractivity contribution in [2.75, 3.05) is 13.2 Å². The Balaban J connectivity index is 1.71. The average Bonchev–Trinajstić information content (AvgIpc) is 2.86. The van der Waals surface area contributed by atoms with E-state index in [1.165, 1.54) is 0 Å². The Morgan fingerprint density at radius 1 is 0.917 bits per heavy atom. The summed E-state index contributed by atoms with van der Waals surface area (Å²) in [6.45, 7) is 1.31. The Morgan fingerprint density at radius 2 is 1.75 bits per heavy atom. The molecular formula is C20H17NO3. The molecule has 0 bridgehead atoms. The minimum absolute atomic E-state index is 0.215. The van der Waals surface area contributed by atoms with Gasteiger partial charge in [0.25, 0.3) is 0 Å². The minimum Gasteiger partial charge on any atom is -0.507 e. The third-order valence-corrected chi connectivity index (χ3v) is 4.02. The van der Waals surface area contributed by atoms with E-state index in [0.29, 0.717) is 24.5 Å². The van der Waals surface area contributed by atoms with Crippen LogP contribution in [-0.4, -0.2) is 24.5 Å². The topological polar surface area (TPSA) is 51.1 Å². The first kappa shape index (κ1) is 14.6. The van der Waals surface area contributed by atoms with Crippen LogP contribution in [0.5, 0.6) is 17.2 Å². The van der Waals surface area contributed by atoms with Crippen molar-refractivity contribution < 1.29 is 14.6 Å². The summed E-state index contributed by atoms with van der Waals surface area (Å²) in [5.74, 6) is 1.68. The van der Waals surface area contributed by atoms with Gasteiger partial charge in [0, 0.05) is 24.3 Å². The molecule has 0 atom stereocenters. The molecule has 0 fully saturated rings. The molecule has 1 N–H and O–H groups in total. The summed E-state index contributed by atoms with van der Waals surface area (Å²) in [5, 5.41) is 12.2. The number of hydrogen-bond donors (Lipinski definition) is 1. The zero-order chi connectivity index (χ0) is 16.4. The third kappa shape index (κ3) is 2.78. The Bertz CT molecular complexity index is 918. The van der Waals surface area contributed by atoms with E-state index in [4.69, 9.17) is 9.47 Å². The highest BCUT2D eigenvalue weighted by Gasteiger charge is 2.10. The third-order valence-electron chi connectivity index (χ3n) is 4.02. The molecule has 0 spiro atoms. The average molecular weight is 319 g/mol. The number of phenols is 1. The molecule has 0 aliphatic carbocycles. The van der Waals surface area contributed by atoms with Gasteiger partial charge < -0.3 is 14.6 Å². The molecule has 4 nitrogen and oxygen atoms in total. The summed E-state index contributed by atoms with van der Waals surface area (Å²) < 4.78 is 11.3. The second-order valence-corrected chi connectivity index (χ2v) is 5.66. The fraction of sp³-hybridized carbons (Fsp3) is 0.150. The van der Waals surface area contributed by atoms with Crippen LogP contribution < -0.4 is 9.47 Å². The number of ether oxygens (including phenoxy) is 2. The van der Waals surface area contributed by atoms with Gasteiger partial charge >= 0.3 is 0 Å². The molecule has 0 amide bonds. The molecule has 0 aromatic heterocycles. The first-order valence-electron chi connectivity index (χ1n) is 7.96. The van der Waals surface area contributed by atoms with Crippen molar-refractivity contribution >= 4 is 22.7 Å². The maximum absolute atomic E-state index is 10.2. The monoisotopic (exact) mass is 319 g/mol. The number of aromatic hydroxyl groups is 1. The number of hydrogen-bond acceptors (Lipinski definition) is 4. The lowest BCUT2D eigenvalue weighted by Crippen LogP contribution is -1.97. The fourth-order valence-electron chi connectivity index (χ4n) is 2.79. The predicted molar refractivity (Wildman–Crippen MR) is 94.9 cm³/mol. The zero-order valence-electron chi connectivity index (χ0n) is 13.1. The summed E-state index contributed by atoms with van der Waals surface area (Å²) in [4.78, 5) is 4.51. The smallest absolute Gasteiger partial charge is 0.163 e. The van der Waals surface area contributed by atoms with E-state index in [9.17, 15) is 5.11 Å². The van der Waals surface area contributed by atoms with Crippen molar-refractivity contribution in [2.24, 2.45) is 4.99 Å². The van der Waals surface area contributed by atoms with Crippen molar-refractivity contribution in [2.45, 2.75) is 6.42 Å². The van der Waals surface area contributed by atoms with Crippen LogP contribution in [0.25, 0.3) is 10.8 Å². The first-order valence-corrected chi connectivity index (χ1v) is 7.96. The van der Waals surface area contributed by atoms with Crippen LogP contribution >= 0.6 is 0 Å². The standard InChI is InChI=1S/C20H17NO3/c22-18-8-6-14-4-1-2-5-16(14)17(18)13-21-15-7-9-19-20(12-15)24-11-3-10-23-19/h1-2,4-9,12-13,22H,3,10-11H2. The Kier molecular flexibility index (Phi) is 3.79. The molecule has 0 saturated heterocycles. The molecule has 0 radical (unpaired) electrons. The molecule has 3 aromatic rings. The van der Waals surface area contributed by atoms with Crippen LogP contribution in [0.2, 0.25) is 0 Å². The molecule has 0 saturated carbocycles. The maximum Gasteiger partial charge on any atom is 0.163 e. The van der Waals surface area contributed by atoms with Gasteiger partial charge in [-0.15, -0.1) is 0 Å². The minimum atomic E-state index is 0.215. The summed E-state index contributed by atoms with van der Waals surface area (Å²) in [5.41, 5.74) is 1.46. The van der Waals surface area contributed by atoms with E-state index in [0.717, 1.165) is 28.6 Å². The van der Waals surface area contributed by atoms with Crippen LogP contribution in [0.1, 0.15) is 12.0 Å². The van der Waals surface area contributed by atoms with E-state index in [2.05, 4.69) is 4.99 Å². The summed E-state index contributed by atoms with van der Waals surface area (Å²) in [6, 6.07) is 17.1. The number of nitrogens with zero attached hydrogens (tertiary/aromatic N) is 1. The molecule has 4 rings (SSSR count). The van der Waals surface area contributed by atoms with Gasteiger partial charge in [0.05, 0.1) is 18.9 Å². The molecule has 1 aliphatic rings. The Labute approximate surface area is 140 Å². The van der Waals surface area contributed by atoms with Crippen molar-refractivity contribution in [1.82, 2.24) is 0 Å². The number of benzene rings is 3. The Morgan fingerprint density at radius 3 is 2.67 bits per heavy atom. The maximum atomic E-state index is 10.2. The van der Waals surface area contributed by atoms with Gasteiger partial charge in [-0.25, -0.2) is 0 Å². The van der Waals surface area contributed by atoms with E-state index >= 15 is 0 Å². The lowest BCUT2D eigenvalue weighted by molar-refractivity contribution is 0.297. The van der Waals surface area contributed by atoms with E-state index < -0.39 is 0 Å². The summed E-state index contributed by atoms with van der Waals surface area (Å²) >= 11 is 0. The lowest BCUT2D eigenvalue weighted by atomic mass is 10.0. The largest absolute Gasteiger partial charge is 0.507 e. The van der Waals surface area contributed by atoms with Crippen LogP contribution in [-0.2, 0) is 0 Å². The van der Waals surface area contributed by atoms with Gasteiger partial charge in [-0.3, -0.25) is 4.99 Å². The van der Waals surface area contributed by atoms with Crippen molar-refractivity contribution in [1.29, 1.82) is 0 Å². The number of rotatable bonds is 2. The highest BCUT2D eigenvalue weighted by atomic mass is 16.5.